The lowest BCUT2D eigenvalue weighted by Crippen LogP contribution is -2.29. The highest BCUT2D eigenvalue weighted by molar-refractivity contribution is 5.77. The van der Waals surface area contributed by atoms with Crippen molar-refractivity contribution >= 4 is 5.91 Å². The molecule has 1 aromatic heterocycles. The van der Waals surface area contributed by atoms with Gasteiger partial charge in [0.2, 0.25) is 5.91 Å². The average Bonchev–Trinajstić information content (AvgIpc) is 3.14. The van der Waals surface area contributed by atoms with E-state index < -0.39 is 0 Å². The van der Waals surface area contributed by atoms with E-state index in [0.29, 0.717) is 12.3 Å². The van der Waals surface area contributed by atoms with Crippen molar-refractivity contribution in [1.29, 1.82) is 0 Å². The van der Waals surface area contributed by atoms with Crippen LogP contribution in [0.5, 0.6) is 0 Å². The summed E-state index contributed by atoms with van der Waals surface area (Å²) in [6.45, 7) is 0.792. The smallest absolute Gasteiger partial charge is 0.222 e. The predicted octanol–water partition coefficient (Wildman–Crippen LogP) is 2.93. The highest BCUT2D eigenvalue weighted by Crippen LogP contribution is 2.35. The Morgan fingerprint density at radius 2 is 2.22 bits per heavy atom. The van der Waals surface area contributed by atoms with Crippen LogP contribution in [0.1, 0.15) is 42.1 Å². The van der Waals surface area contributed by atoms with Gasteiger partial charge >= 0.3 is 0 Å². The molecule has 1 aliphatic rings. The van der Waals surface area contributed by atoms with Crippen LogP contribution in [0.2, 0.25) is 0 Å². The van der Waals surface area contributed by atoms with Gasteiger partial charge in [0.15, 0.2) is 0 Å². The fraction of sp³-hybridized carbons (Fsp3) is 0.474. The molecule has 122 valence electrons. The molecule has 0 saturated carbocycles. The second kappa shape index (κ2) is 6.99. The van der Waals surface area contributed by atoms with Crippen molar-refractivity contribution in [2.45, 2.75) is 38.0 Å². The van der Waals surface area contributed by atoms with Gasteiger partial charge in [-0.3, -0.25) is 4.79 Å². The molecule has 4 nitrogen and oxygen atoms in total. The molecule has 1 atom stereocenters. The number of benzene rings is 1. The standard InChI is InChI=1S/C19H25N3O/c1-21-13-11-20-18(21)8-5-12-22(2)19(23)14-16-10-9-15-6-3-4-7-17(15)16/h3-4,6-7,11,13,16H,5,8-10,12,14H2,1-2H3. The molecule has 0 N–H and O–H groups in total. The maximum Gasteiger partial charge on any atom is 0.222 e. The van der Waals surface area contributed by atoms with Gasteiger partial charge in [-0.15, -0.1) is 0 Å². The number of carbonyl (C=O) groups is 1. The summed E-state index contributed by atoms with van der Waals surface area (Å²) in [6.07, 6.45) is 8.49. The summed E-state index contributed by atoms with van der Waals surface area (Å²) in [5, 5.41) is 0. The van der Waals surface area contributed by atoms with Gasteiger partial charge in [-0.05, 0) is 36.3 Å². The Kier molecular flexibility index (Phi) is 4.79. The second-order valence-corrected chi connectivity index (χ2v) is 6.51. The van der Waals surface area contributed by atoms with E-state index in [-0.39, 0.29) is 5.91 Å². The van der Waals surface area contributed by atoms with Crippen molar-refractivity contribution in [3.8, 4) is 0 Å². The molecule has 1 aromatic carbocycles. The average molecular weight is 311 g/mol. The highest BCUT2D eigenvalue weighted by Gasteiger charge is 2.25. The first-order valence-electron chi connectivity index (χ1n) is 8.43. The first-order chi connectivity index (χ1) is 11.1. The van der Waals surface area contributed by atoms with Crippen LogP contribution in [0.3, 0.4) is 0 Å². The third-order valence-electron chi connectivity index (χ3n) is 4.92. The summed E-state index contributed by atoms with van der Waals surface area (Å²) >= 11 is 0. The lowest BCUT2D eigenvalue weighted by Gasteiger charge is -2.20. The number of fused-ring (bicyclic) bond motifs is 1. The predicted molar refractivity (Wildman–Crippen MR) is 91.3 cm³/mol. The van der Waals surface area contributed by atoms with Crippen LogP contribution in [0.15, 0.2) is 36.7 Å². The summed E-state index contributed by atoms with van der Waals surface area (Å²) in [5.41, 5.74) is 2.80. The van der Waals surface area contributed by atoms with Gasteiger partial charge in [0, 0.05) is 45.9 Å². The molecular formula is C19H25N3O. The number of nitrogens with zero attached hydrogens (tertiary/aromatic N) is 3. The fourth-order valence-corrected chi connectivity index (χ4v) is 3.46. The van der Waals surface area contributed by atoms with Crippen LogP contribution in [0, 0.1) is 0 Å². The topological polar surface area (TPSA) is 38.1 Å². The molecule has 4 heteroatoms. The SMILES string of the molecule is CN(CCCc1nccn1C)C(=O)CC1CCc2ccccc21. The van der Waals surface area contributed by atoms with Gasteiger partial charge in [-0.2, -0.15) is 0 Å². The molecular weight excluding hydrogens is 286 g/mol. The molecule has 0 radical (unpaired) electrons. The number of amides is 1. The Hall–Kier alpha value is -2.10. The Morgan fingerprint density at radius 1 is 1.39 bits per heavy atom. The maximum atomic E-state index is 12.5. The summed E-state index contributed by atoms with van der Waals surface area (Å²) < 4.78 is 2.04. The van der Waals surface area contributed by atoms with Crippen molar-refractivity contribution < 1.29 is 4.79 Å². The minimum atomic E-state index is 0.256. The van der Waals surface area contributed by atoms with Crippen LogP contribution >= 0.6 is 0 Å². The monoisotopic (exact) mass is 311 g/mol. The molecule has 1 unspecified atom stereocenters. The number of hydrogen-bond acceptors (Lipinski definition) is 2. The van der Waals surface area contributed by atoms with Crippen LogP contribution in [0.4, 0.5) is 0 Å². The van der Waals surface area contributed by atoms with Gasteiger partial charge in [0.1, 0.15) is 5.82 Å². The first-order valence-corrected chi connectivity index (χ1v) is 8.43. The van der Waals surface area contributed by atoms with Crippen LogP contribution in [0.25, 0.3) is 0 Å². The summed E-state index contributed by atoms with van der Waals surface area (Å²) in [5.74, 6) is 1.73. The molecule has 0 fully saturated rings. The van der Waals surface area contributed by atoms with Gasteiger partial charge in [0.05, 0.1) is 0 Å². The zero-order chi connectivity index (χ0) is 16.2. The Morgan fingerprint density at radius 3 is 3.00 bits per heavy atom. The number of imidazole rings is 1. The number of aromatic nitrogens is 2. The van der Waals surface area contributed by atoms with Crippen molar-refractivity contribution in [1.82, 2.24) is 14.5 Å². The lowest BCUT2D eigenvalue weighted by molar-refractivity contribution is -0.130. The third-order valence-corrected chi connectivity index (χ3v) is 4.92. The van der Waals surface area contributed by atoms with E-state index in [1.807, 2.05) is 36.0 Å². The Bertz CT molecular complexity index is 677. The quantitative estimate of drug-likeness (QED) is 0.822. The van der Waals surface area contributed by atoms with Gasteiger partial charge < -0.3 is 9.47 Å². The maximum absolute atomic E-state index is 12.5. The summed E-state index contributed by atoms with van der Waals surface area (Å²) in [7, 11) is 3.93. The van der Waals surface area contributed by atoms with E-state index in [4.69, 9.17) is 0 Å². The van der Waals surface area contributed by atoms with E-state index >= 15 is 0 Å². The molecule has 0 bridgehead atoms. The van der Waals surface area contributed by atoms with Gasteiger partial charge in [0.25, 0.3) is 0 Å². The van der Waals surface area contributed by atoms with Crippen molar-refractivity contribution in [2.24, 2.45) is 7.05 Å². The minimum absolute atomic E-state index is 0.256. The zero-order valence-corrected chi connectivity index (χ0v) is 14.0. The van der Waals surface area contributed by atoms with E-state index in [1.165, 1.54) is 11.1 Å². The van der Waals surface area contributed by atoms with Gasteiger partial charge in [-0.1, -0.05) is 24.3 Å². The minimum Gasteiger partial charge on any atom is -0.346 e. The summed E-state index contributed by atoms with van der Waals surface area (Å²) in [6, 6.07) is 8.54. The molecule has 1 aliphatic carbocycles. The Balaban J connectivity index is 1.48. The van der Waals surface area contributed by atoms with E-state index in [9.17, 15) is 4.79 Å². The largest absolute Gasteiger partial charge is 0.346 e. The van der Waals surface area contributed by atoms with E-state index in [1.54, 1.807) is 0 Å². The van der Waals surface area contributed by atoms with E-state index in [2.05, 4.69) is 29.2 Å². The third kappa shape index (κ3) is 3.63. The molecule has 0 spiro atoms. The Labute approximate surface area is 138 Å². The fourth-order valence-electron chi connectivity index (χ4n) is 3.46. The number of hydrogen-bond donors (Lipinski definition) is 0. The van der Waals surface area contributed by atoms with Gasteiger partial charge in [-0.25, -0.2) is 4.98 Å². The normalized spacial score (nSPS) is 16.3. The number of rotatable bonds is 6. The first kappa shape index (κ1) is 15.8. The summed E-state index contributed by atoms with van der Waals surface area (Å²) in [4.78, 5) is 18.7. The van der Waals surface area contributed by atoms with Crippen LogP contribution in [-0.4, -0.2) is 34.0 Å². The van der Waals surface area contributed by atoms with Crippen LogP contribution < -0.4 is 0 Å². The number of carbonyl (C=O) groups excluding carboxylic acids is 1. The zero-order valence-electron chi connectivity index (χ0n) is 14.0. The second-order valence-electron chi connectivity index (χ2n) is 6.51. The van der Waals surface area contributed by atoms with Crippen molar-refractivity contribution in [2.75, 3.05) is 13.6 Å². The molecule has 0 saturated heterocycles. The molecule has 23 heavy (non-hydrogen) atoms. The van der Waals surface area contributed by atoms with Crippen molar-refractivity contribution in [3.63, 3.8) is 0 Å². The lowest BCUT2D eigenvalue weighted by atomic mass is 9.97. The molecule has 1 amide bonds. The highest BCUT2D eigenvalue weighted by atomic mass is 16.2. The van der Waals surface area contributed by atoms with Crippen molar-refractivity contribution in [3.05, 3.63) is 53.6 Å². The molecule has 3 rings (SSSR count). The van der Waals surface area contributed by atoms with Crippen LogP contribution in [-0.2, 0) is 24.7 Å². The van der Waals surface area contributed by atoms with E-state index in [0.717, 1.165) is 38.1 Å². The number of aryl methyl sites for hydroxylation is 3. The molecule has 2 aromatic rings. The molecule has 0 aliphatic heterocycles. The molecule has 1 heterocycles.